The van der Waals surface area contributed by atoms with Gasteiger partial charge in [0.25, 0.3) is 5.91 Å². The van der Waals surface area contributed by atoms with Crippen LogP contribution in [0.25, 0.3) is 0 Å². The summed E-state index contributed by atoms with van der Waals surface area (Å²) in [6.45, 7) is 7.64. The fourth-order valence-electron chi connectivity index (χ4n) is 2.79. The number of anilines is 2. The van der Waals surface area contributed by atoms with Gasteiger partial charge in [-0.25, -0.2) is 4.79 Å². The number of rotatable bonds is 3. The van der Waals surface area contributed by atoms with E-state index < -0.39 is 17.7 Å². The van der Waals surface area contributed by atoms with E-state index in [2.05, 4.69) is 15.6 Å². The molecule has 0 unspecified atom stereocenters. The van der Waals surface area contributed by atoms with Gasteiger partial charge in [0.2, 0.25) is 5.88 Å². The summed E-state index contributed by atoms with van der Waals surface area (Å²) in [5.74, 6) is 0.238. The lowest BCUT2D eigenvalue weighted by molar-refractivity contribution is -0.125. The summed E-state index contributed by atoms with van der Waals surface area (Å²) in [5.41, 5.74) is 1.03. The number of carbonyl (C=O) groups excluding carboxylic acids is 2. The molecule has 0 radical (unpaired) electrons. The van der Waals surface area contributed by atoms with Crippen LogP contribution in [0.5, 0.6) is 5.88 Å². The second-order valence-electron chi connectivity index (χ2n) is 7.64. The summed E-state index contributed by atoms with van der Waals surface area (Å²) in [6.07, 6.45) is -0.693. The van der Waals surface area contributed by atoms with Crippen LogP contribution < -0.4 is 20.3 Å². The minimum Gasteiger partial charge on any atom is -0.463 e. The van der Waals surface area contributed by atoms with E-state index >= 15 is 0 Å². The summed E-state index contributed by atoms with van der Waals surface area (Å²) in [5, 5.41) is 5.62. The van der Waals surface area contributed by atoms with E-state index in [1.165, 1.54) is 0 Å². The van der Waals surface area contributed by atoms with E-state index in [4.69, 9.17) is 16.3 Å². The molecule has 0 saturated heterocycles. The first-order valence-electron chi connectivity index (χ1n) is 8.96. The van der Waals surface area contributed by atoms with Crippen molar-refractivity contribution < 1.29 is 14.3 Å². The Labute approximate surface area is 169 Å². The summed E-state index contributed by atoms with van der Waals surface area (Å²) in [6, 6.07) is 10.8. The number of hydrogen-bond acceptors (Lipinski definition) is 4. The van der Waals surface area contributed by atoms with Gasteiger partial charge in [-0.05, 0) is 39.3 Å². The zero-order valence-electron chi connectivity index (χ0n) is 16.2. The van der Waals surface area contributed by atoms with Crippen molar-refractivity contribution in [3.05, 3.63) is 47.0 Å². The maximum atomic E-state index is 12.7. The number of nitrogens with one attached hydrogen (secondary N) is 2. The molecular formula is C20H23ClN4O3. The fourth-order valence-corrected chi connectivity index (χ4v) is 2.99. The number of nitrogens with zero attached hydrogens (tertiary/aromatic N) is 2. The highest BCUT2D eigenvalue weighted by Gasteiger charge is 2.33. The van der Waals surface area contributed by atoms with Gasteiger partial charge in [-0.1, -0.05) is 41.9 Å². The Morgan fingerprint density at radius 2 is 1.96 bits per heavy atom. The van der Waals surface area contributed by atoms with Crippen molar-refractivity contribution in [2.45, 2.75) is 45.9 Å². The van der Waals surface area contributed by atoms with Crippen molar-refractivity contribution in [3.8, 4) is 5.88 Å². The van der Waals surface area contributed by atoms with Crippen LogP contribution in [0.2, 0.25) is 5.02 Å². The number of fused-ring (bicyclic) bond motifs is 1. The van der Waals surface area contributed by atoms with Gasteiger partial charge in [0.05, 0.1) is 11.6 Å². The van der Waals surface area contributed by atoms with Crippen molar-refractivity contribution in [1.29, 1.82) is 0 Å². The number of halogens is 1. The van der Waals surface area contributed by atoms with Crippen molar-refractivity contribution in [1.82, 2.24) is 10.3 Å². The molecule has 1 aromatic carbocycles. The lowest BCUT2D eigenvalue weighted by atomic mass is 10.1. The number of aromatic nitrogens is 1. The zero-order chi connectivity index (χ0) is 20.5. The Hall–Kier alpha value is -2.80. The predicted molar refractivity (Wildman–Crippen MR) is 109 cm³/mol. The molecule has 2 aromatic rings. The standard InChI is InChI=1S/C20H23ClN4O3/c1-12-18(26)25(11-13-8-6-5-7-9-13)15-10-14(21)16(22-17(15)28-12)23-19(27)24-20(2,3)4/h5-10,12H,11H2,1-4H3,(H2,22,23,24,27)/t12-/m1/s1. The summed E-state index contributed by atoms with van der Waals surface area (Å²) < 4.78 is 5.66. The topological polar surface area (TPSA) is 83.6 Å². The van der Waals surface area contributed by atoms with Gasteiger partial charge in [-0.15, -0.1) is 0 Å². The number of amides is 3. The summed E-state index contributed by atoms with van der Waals surface area (Å²) in [7, 11) is 0. The van der Waals surface area contributed by atoms with Gasteiger partial charge in [0.15, 0.2) is 11.9 Å². The molecule has 0 saturated carbocycles. The first kappa shape index (κ1) is 19.9. The van der Waals surface area contributed by atoms with Gasteiger partial charge in [-0.2, -0.15) is 4.98 Å². The quantitative estimate of drug-likeness (QED) is 0.813. The van der Waals surface area contributed by atoms with Crippen molar-refractivity contribution in [2.24, 2.45) is 0 Å². The molecule has 1 aromatic heterocycles. The first-order chi connectivity index (χ1) is 13.1. The summed E-state index contributed by atoms with van der Waals surface area (Å²) >= 11 is 6.33. The number of pyridine rings is 1. The largest absolute Gasteiger partial charge is 0.463 e. The molecular weight excluding hydrogens is 380 g/mol. The number of carbonyl (C=O) groups is 2. The number of urea groups is 1. The van der Waals surface area contributed by atoms with Gasteiger partial charge < -0.3 is 10.1 Å². The second kappa shape index (κ2) is 7.67. The molecule has 1 aliphatic rings. The van der Waals surface area contributed by atoms with Crippen molar-refractivity contribution >= 4 is 35.0 Å². The molecule has 1 atom stereocenters. The fraction of sp³-hybridized carbons (Fsp3) is 0.350. The van der Waals surface area contributed by atoms with E-state index in [1.54, 1.807) is 17.9 Å². The Morgan fingerprint density at radius 3 is 2.61 bits per heavy atom. The molecule has 2 N–H and O–H groups in total. The molecule has 3 rings (SSSR count). The van der Waals surface area contributed by atoms with Crippen LogP contribution in [0.1, 0.15) is 33.3 Å². The van der Waals surface area contributed by atoms with Crippen LogP contribution in [0.4, 0.5) is 16.3 Å². The van der Waals surface area contributed by atoms with E-state index in [0.717, 1.165) is 5.56 Å². The molecule has 0 spiro atoms. The lowest BCUT2D eigenvalue weighted by Crippen LogP contribution is -2.45. The van der Waals surface area contributed by atoms with Crippen LogP contribution in [0.15, 0.2) is 36.4 Å². The third kappa shape index (κ3) is 4.54. The highest BCUT2D eigenvalue weighted by atomic mass is 35.5. The Kier molecular flexibility index (Phi) is 5.47. The minimum atomic E-state index is -0.693. The SMILES string of the molecule is C[C@H]1Oc2nc(NC(=O)NC(C)(C)C)c(Cl)cc2N(Cc2ccccc2)C1=O. The molecule has 0 aliphatic carbocycles. The Morgan fingerprint density at radius 1 is 1.29 bits per heavy atom. The van der Waals surface area contributed by atoms with Crippen LogP contribution in [-0.4, -0.2) is 28.6 Å². The van der Waals surface area contributed by atoms with Crippen LogP contribution in [0, 0.1) is 0 Å². The number of hydrogen-bond donors (Lipinski definition) is 2. The highest BCUT2D eigenvalue weighted by Crippen LogP contribution is 2.38. The average Bonchev–Trinajstić information content (AvgIpc) is 2.60. The molecule has 7 nitrogen and oxygen atoms in total. The maximum Gasteiger partial charge on any atom is 0.320 e. The van der Waals surface area contributed by atoms with Gasteiger partial charge >= 0.3 is 6.03 Å². The average molecular weight is 403 g/mol. The molecule has 1 aliphatic heterocycles. The molecule has 0 bridgehead atoms. The van der Waals surface area contributed by atoms with E-state index in [9.17, 15) is 9.59 Å². The summed E-state index contributed by atoms with van der Waals surface area (Å²) in [4.78, 5) is 30.8. The van der Waals surface area contributed by atoms with Gasteiger partial charge in [-0.3, -0.25) is 15.0 Å². The molecule has 28 heavy (non-hydrogen) atoms. The Balaban J connectivity index is 1.90. The highest BCUT2D eigenvalue weighted by molar-refractivity contribution is 6.33. The predicted octanol–water partition coefficient (Wildman–Crippen LogP) is 3.97. The van der Waals surface area contributed by atoms with Crippen LogP contribution in [-0.2, 0) is 11.3 Å². The van der Waals surface area contributed by atoms with Crippen molar-refractivity contribution in [3.63, 3.8) is 0 Å². The van der Waals surface area contributed by atoms with Gasteiger partial charge in [0, 0.05) is 5.54 Å². The monoisotopic (exact) mass is 402 g/mol. The zero-order valence-corrected chi connectivity index (χ0v) is 17.0. The van der Waals surface area contributed by atoms with E-state index in [1.807, 2.05) is 51.1 Å². The van der Waals surface area contributed by atoms with Crippen LogP contribution in [0.3, 0.4) is 0 Å². The third-order valence-corrected chi connectivity index (χ3v) is 4.31. The maximum absolute atomic E-state index is 12.7. The number of benzene rings is 1. The molecule has 0 fully saturated rings. The minimum absolute atomic E-state index is 0.170. The third-order valence-electron chi connectivity index (χ3n) is 4.02. The van der Waals surface area contributed by atoms with Crippen molar-refractivity contribution in [2.75, 3.05) is 10.2 Å². The normalized spacial score (nSPS) is 16.2. The molecule has 148 valence electrons. The Bertz CT molecular complexity index is 896. The first-order valence-corrected chi connectivity index (χ1v) is 9.33. The second-order valence-corrected chi connectivity index (χ2v) is 8.05. The van der Waals surface area contributed by atoms with E-state index in [0.29, 0.717) is 12.2 Å². The van der Waals surface area contributed by atoms with E-state index in [-0.39, 0.29) is 22.6 Å². The molecule has 8 heteroatoms. The molecule has 3 amide bonds. The lowest BCUT2D eigenvalue weighted by Gasteiger charge is -2.32. The smallest absolute Gasteiger partial charge is 0.320 e. The van der Waals surface area contributed by atoms with Gasteiger partial charge in [0.1, 0.15) is 5.69 Å². The molecule has 2 heterocycles. The van der Waals surface area contributed by atoms with Crippen LogP contribution >= 0.6 is 11.6 Å². The number of ether oxygens (including phenoxy) is 1.